The summed E-state index contributed by atoms with van der Waals surface area (Å²) in [5, 5.41) is 24.9. The number of aromatic nitrogens is 3. The molecule has 0 aliphatic rings. The number of carboxylic acids is 1. The molecule has 2 N–H and O–H groups in total. The molecule has 0 bridgehead atoms. The first-order valence-electron chi connectivity index (χ1n) is 9.34. The van der Waals surface area contributed by atoms with Crippen LogP contribution in [0.3, 0.4) is 0 Å². The minimum Gasteiger partial charge on any atom is -0.477 e. The maximum absolute atomic E-state index is 12.6. The average molecular weight is 454 g/mol. The van der Waals surface area contributed by atoms with Crippen molar-refractivity contribution < 1.29 is 24.0 Å². The van der Waals surface area contributed by atoms with Gasteiger partial charge in [-0.1, -0.05) is 28.6 Å². The first kappa shape index (κ1) is 22.6. The Hall–Kier alpha value is -4.11. The lowest BCUT2D eigenvalue weighted by Crippen LogP contribution is -2.37. The van der Waals surface area contributed by atoms with Crippen molar-refractivity contribution in [3.8, 4) is 17.5 Å². The smallest absolute Gasteiger partial charge is 0.347 e. The van der Waals surface area contributed by atoms with E-state index in [1.54, 1.807) is 31.2 Å². The molecule has 3 aromatic rings. The van der Waals surface area contributed by atoms with E-state index in [4.69, 9.17) is 9.63 Å². The van der Waals surface area contributed by atoms with Crippen LogP contribution in [0, 0.1) is 25.2 Å². The lowest BCUT2D eigenvalue weighted by molar-refractivity contribution is -0.116. The molecule has 0 saturated carbocycles. The number of rotatable bonds is 9. The maximum atomic E-state index is 12.6. The molecule has 0 aliphatic carbocycles. The molecular formula is C20H18N6O5S. The van der Waals surface area contributed by atoms with Crippen LogP contribution < -0.4 is 10.2 Å². The van der Waals surface area contributed by atoms with Gasteiger partial charge >= 0.3 is 5.97 Å². The van der Waals surface area contributed by atoms with Gasteiger partial charge in [-0.15, -0.1) is 0 Å². The standard InChI is InChI=1S/C20H18N6O5S/c1-11-17(19(29)30)32-20(22-11)24-16(28)9-15(6-7-21)26(10-27)14-5-3-4-13(8-14)18-23-12(2)31-25-18/h3-5,8,10,15H,6,9H2,1-2H3,(H,29,30)(H,22,24,28)/t15-/m1/s1. The van der Waals surface area contributed by atoms with Crippen LogP contribution in [0.4, 0.5) is 10.8 Å². The lowest BCUT2D eigenvalue weighted by atomic mass is 10.1. The van der Waals surface area contributed by atoms with Crippen molar-refractivity contribution >= 4 is 40.4 Å². The number of thiazole rings is 1. The largest absolute Gasteiger partial charge is 0.477 e. The summed E-state index contributed by atoms with van der Waals surface area (Å²) in [5.41, 5.74) is 1.34. The lowest BCUT2D eigenvalue weighted by Gasteiger charge is -2.26. The van der Waals surface area contributed by atoms with Gasteiger partial charge < -0.3 is 19.8 Å². The molecule has 0 fully saturated rings. The second kappa shape index (κ2) is 9.80. The fourth-order valence-electron chi connectivity index (χ4n) is 2.99. The van der Waals surface area contributed by atoms with Crippen molar-refractivity contribution in [1.82, 2.24) is 15.1 Å². The number of carbonyl (C=O) groups excluding carboxylic acids is 2. The van der Waals surface area contributed by atoms with Gasteiger partial charge in [0.05, 0.1) is 24.2 Å². The second-order valence-electron chi connectivity index (χ2n) is 6.71. The highest BCUT2D eigenvalue weighted by Crippen LogP contribution is 2.26. The second-order valence-corrected chi connectivity index (χ2v) is 7.71. The van der Waals surface area contributed by atoms with Crippen LogP contribution >= 0.6 is 11.3 Å². The summed E-state index contributed by atoms with van der Waals surface area (Å²) in [5.74, 6) is -0.905. The Morgan fingerprint density at radius 3 is 2.75 bits per heavy atom. The van der Waals surface area contributed by atoms with Crippen molar-refractivity contribution in [3.63, 3.8) is 0 Å². The Bertz CT molecular complexity index is 1200. The van der Waals surface area contributed by atoms with Crippen molar-refractivity contribution in [2.24, 2.45) is 0 Å². The number of amides is 2. The molecule has 0 unspecified atom stereocenters. The van der Waals surface area contributed by atoms with E-state index in [1.807, 2.05) is 6.07 Å². The molecule has 11 nitrogen and oxygen atoms in total. The van der Waals surface area contributed by atoms with E-state index in [9.17, 15) is 19.6 Å². The minimum atomic E-state index is -1.13. The van der Waals surface area contributed by atoms with Crippen LogP contribution in [-0.2, 0) is 9.59 Å². The van der Waals surface area contributed by atoms with E-state index >= 15 is 0 Å². The zero-order valence-corrected chi connectivity index (χ0v) is 17.9. The number of nitrogens with one attached hydrogen (secondary N) is 1. The van der Waals surface area contributed by atoms with Gasteiger partial charge in [0.1, 0.15) is 4.88 Å². The summed E-state index contributed by atoms with van der Waals surface area (Å²) >= 11 is 0.835. The number of carboxylic acid groups (broad SMARTS) is 1. The van der Waals surface area contributed by atoms with E-state index in [0.29, 0.717) is 29.4 Å². The number of benzene rings is 1. The zero-order chi connectivity index (χ0) is 23.3. The highest BCUT2D eigenvalue weighted by molar-refractivity contribution is 7.17. The van der Waals surface area contributed by atoms with Gasteiger partial charge in [-0.05, 0) is 19.1 Å². The van der Waals surface area contributed by atoms with Gasteiger partial charge in [0.2, 0.25) is 24.0 Å². The summed E-state index contributed by atoms with van der Waals surface area (Å²) in [4.78, 5) is 45.1. The van der Waals surface area contributed by atoms with E-state index in [-0.39, 0.29) is 28.5 Å². The predicted octanol–water partition coefficient (Wildman–Crippen LogP) is 2.78. The molecule has 1 atom stereocenters. The Morgan fingerprint density at radius 2 is 2.16 bits per heavy atom. The Kier molecular flexibility index (Phi) is 6.91. The van der Waals surface area contributed by atoms with Crippen LogP contribution in [0.5, 0.6) is 0 Å². The Labute approximate surface area is 186 Å². The SMILES string of the molecule is Cc1nc(-c2cccc(N(C=O)[C@H](CC#N)CC(=O)Nc3nc(C)c(C(=O)O)s3)c2)no1. The summed E-state index contributed by atoms with van der Waals surface area (Å²) in [7, 11) is 0. The molecule has 164 valence electrons. The van der Waals surface area contributed by atoms with Crippen LogP contribution in [0.1, 0.15) is 34.1 Å². The van der Waals surface area contributed by atoms with Crippen molar-refractivity contribution in [2.45, 2.75) is 32.7 Å². The van der Waals surface area contributed by atoms with Crippen LogP contribution in [-0.4, -0.2) is 44.6 Å². The zero-order valence-electron chi connectivity index (χ0n) is 17.1. The first-order chi connectivity index (χ1) is 15.3. The van der Waals surface area contributed by atoms with Crippen LogP contribution in [0.25, 0.3) is 11.4 Å². The molecule has 12 heteroatoms. The number of aryl methyl sites for hydroxylation is 2. The van der Waals surface area contributed by atoms with E-state index in [0.717, 1.165) is 11.3 Å². The molecule has 0 spiro atoms. The number of hydrogen-bond acceptors (Lipinski definition) is 9. The van der Waals surface area contributed by atoms with Crippen LogP contribution in [0.15, 0.2) is 28.8 Å². The number of aromatic carboxylic acids is 1. The Morgan fingerprint density at radius 1 is 1.38 bits per heavy atom. The third kappa shape index (κ3) is 5.13. The molecule has 1 aromatic carbocycles. The molecule has 0 radical (unpaired) electrons. The monoisotopic (exact) mass is 454 g/mol. The fourth-order valence-corrected chi connectivity index (χ4v) is 3.81. The molecule has 2 heterocycles. The normalized spacial score (nSPS) is 11.4. The molecule has 0 saturated heterocycles. The van der Waals surface area contributed by atoms with E-state index < -0.39 is 17.9 Å². The highest BCUT2D eigenvalue weighted by atomic mass is 32.1. The van der Waals surface area contributed by atoms with Crippen LogP contribution in [0.2, 0.25) is 0 Å². The predicted molar refractivity (Wildman–Crippen MR) is 114 cm³/mol. The van der Waals surface area contributed by atoms with Crippen molar-refractivity contribution in [1.29, 1.82) is 5.26 Å². The van der Waals surface area contributed by atoms with Gasteiger partial charge in [-0.25, -0.2) is 9.78 Å². The molecule has 2 aromatic heterocycles. The maximum Gasteiger partial charge on any atom is 0.347 e. The number of nitrogens with zero attached hydrogens (tertiary/aromatic N) is 5. The minimum absolute atomic E-state index is 0.0249. The molecule has 3 rings (SSSR count). The summed E-state index contributed by atoms with van der Waals surface area (Å²) in [6.07, 6.45) is 0.250. The summed E-state index contributed by atoms with van der Waals surface area (Å²) in [6.45, 7) is 3.18. The average Bonchev–Trinajstić information content (AvgIpc) is 3.34. The van der Waals surface area contributed by atoms with Gasteiger partial charge in [-0.3, -0.25) is 9.59 Å². The molecule has 0 aliphatic heterocycles. The number of hydrogen-bond donors (Lipinski definition) is 2. The highest BCUT2D eigenvalue weighted by Gasteiger charge is 2.24. The number of nitriles is 1. The quantitative estimate of drug-likeness (QED) is 0.463. The van der Waals surface area contributed by atoms with Gasteiger partial charge in [0.25, 0.3) is 0 Å². The molecule has 32 heavy (non-hydrogen) atoms. The van der Waals surface area contributed by atoms with Crippen molar-refractivity contribution in [2.75, 3.05) is 10.2 Å². The Balaban J connectivity index is 1.79. The topological polar surface area (TPSA) is 162 Å². The number of anilines is 2. The third-order valence-electron chi connectivity index (χ3n) is 4.42. The molecular weight excluding hydrogens is 436 g/mol. The van der Waals surface area contributed by atoms with Gasteiger partial charge in [0.15, 0.2) is 5.13 Å². The number of carbonyl (C=O) groups is 3. The van der Waals surface area contributed by atoms with E-state index in [1.165, 1.54) is 11.8 Å². The van der Waals surface area contributed by atoms with E-state index in [2.05, 4.69) is 20.4 Å². The summed E-state index contributed by atoms with van der Waals surface area (Å²) < 4.78 is 4.98. The van der Waals surface area contributed by atoms with Gasteiger partial charge in [-0.2, -0.15) is 10.2 Å². The van der Waals surface area contributed by atoms with Gasteiger partial charge in [0, 0.05) is 24.6 Å². The van der Waals surface area contributed by atoms with Crippen molar-refractivity contribution in [3.05, 3.63) is 40.7 Å². The molecule has 2 amide bonds. The first-order valence-corrected chi connectivity index (χ1v) is 10.2. The summed E-state index contributed by atoms with van der Waals surface area (Å²) in [6, 6.07) is 7.98. The fraction of sp³-hybridized carbons (Fsp3) is 0.250. The third-order valence-corrected chi connectivity index (χ3v) is 5.48.